The number of carbonyl (C=O) groups is 2. The lowest BCUT2D eigenvalue weighted by Crippen LogP contribution is -2.19. The Labute approximate surface area is 178 Å². The molecule has 3 N–H and O–H groups in total. The number of methoxy groups -OCH3 is 1. The minimum atomic E-state index is -0.582. The van der Waals surface area contributed by atoms with Gasteiger partial charge in [0.1, 0.15) is 5.82 Å². The van der Waals surface area contributed by atoms with Crippen LogP contribution in [0.5, 0.6) is 0 Å². The van der Waals surface area contributed by atoms with Gasteiger partial charge in [0.25, 0.3) is 5.91 Å². The number of anilines is 3. The molecule has 0 aromatic heterocycles. The molecular formula is C22H18FN3O3S. The molecule has 0 atom stereocenters. The number of thiocarbonyl (C=S) groups is 1. The first-order valence-electron chi connectivity index (χ1n) is 8.88. The zero-order valence-corrected chi connectivity index (χ0v) is 16.8. The molecule has 0 spiro atoms. The lowest BCUT2D eigenvalue weighted by molar-refractivity contribution is 0.0600. The Balaban J connectivity index is 1.59. The molecule has 0 radical (unpaired) electrons. The molecule has 0 unspecified atom stereocenters. The number of rotatable bonds is 5. The standard InChI is InChI=1S/C22H18FN3O3S/c1-29-21(28)14-5-4-6-17(13-14)26-22(30)25-16-11-9-15(10-12-16)24-20(27)18-7-2-3-8-19(18)23/h2-13H,1H3,(H,24,27)(H2,25,26,30). The number of esters is 1. The normalized spacial score (nSPS) is 10.1. The molecule has 3 aromatic carbocycles. The van der Waals surface area contributed by atoms with Gasteiger partial charge in [-0.05, 0) is 66.8 Å². The predicted molar refractivity (Wildman–Crippen MR) is 118 cm³/mol. The monoisotopic (exact) mass is 423 g/mol. The van der Waals surface area contributed by atoms with Gasteiger partial charge in [0.05, 0.1) is 18.2 Å². The van der Waals surface area contributed by atoms with Crippen molar-refractivity contribution in [1.29, 1.82) is 0 Å². The van der Waals surface area contributed by atoms with Crippen LogP contribution in [0, 0.1) is 5.82 Å². The Morgan fingerprint density at radius 1 is 0.833 bits per heavy atom. The zero-order chi connectivity index (χ0) is 21.5. The number of hydrogen-bond acceptors (Lipinski definition) is 4. The minimum Gasteiger partial charge on any atom is -0.465 e. The summed E-state index contributed by atoms with van der Waals surface area (Å²) in [6, 6.07) is 19.3. The van der Waals surface area contributed by atoms with E-state index in [1.165, 1.54) is 25.3 Å². The summed E-state index contributed by atoms with van der Waals surface area (Å²) in [6.45, 7) is 0. The molecule has 0 aliphatic rings. The molecule has 8 heteroatoms. The molecule has 0 heterocycles. The highest BCUT2D eigenvalue weighted by Crippen LogP contribution is 2.17. The zero-order valence-electron chi connectivity index (χ0n) is 15.9. The molecule has 0 saturated heterocycles. The van der Waals surface area contributed by atoms with Gasteiger partial charge in [-0.25, -0.2) is 9.18 Å². The molecule has 0 bridgehead atoms. The van der Waals surface area contributed by atoms with Gasteiger partial charge in [-0.3, -0.25) is 4.79 Å². The SMILES string of the molecule is COC(=O)c1cccc(NC(=S)Nc2ccc(NC(=O)c3ccccc3F)cc2)c1. The number of nitrogens with one attached hydrogen (secondary N) is 3. The van der Waals surface area contributed by atoms with E-state index in [4.69, 9.17) is 17.0 Å². The third kappa shape index (κ3) is 5.39. The summed E-state index contributed by atoms with van der Waals surface area (Å²) < 4.78 is 18.4. The van der Waals surface area contributed by atoms with Crippen LogP contribution < -0.4 is 16.0 Å². The summed E-state index contributed by atoms with van der Waals surface area (Å²) in [7, 11) is 1.32. The first-order chi connectivity index (χ1) is 14.5. The topological polar surface area (TPSA) is 79.5 Å². The molecule has 0 aliphatic heterocycles. The molecule has 152 valence electrons. The van der Waals surface area contributed by atoms with Crippen LogP contribution in [-0.2, 0) is 4.74 Å². The molecule has 0 fully saturated rings. The summed E-state index contributed by atoms with van der Waals surface area (Å²) >= 11 is 5.29. The van der Waals surface area contributed by atoms with Crippen LogP contribution in [0.4, 0.5) is 21.5 Å². The Kier molecular flexibility index (Phi) is 6.71. The molecule has 6 nitrogen and oxygen atoms in total. The number of hydrogen-bond donors (Lipinski definition) is 3. The van der Waals surface area contributed by atoms with Crippen LogP contribution in [0.25, 0.3) is 0 Å². The van der Waals surface area contributed by atoms with E-state index < -0.39 is 17.7 Å². The fourth-order valence-corrected chi connectivity index (χ4v) is 2.85. The van der Waals surface area contributed by atoms with Gasteiger partial charge in [-0.15, -0.1) is 0 Å². The maximum atomic E-state index is 13.7. The van der Waals surface area contributed by atoms with Crippen LogP contribution in [0.2, 0.25) is 0 Å². The number of ether oxygens (including phenoxy) is 1. The highest BCUT2D eigenvalue weighted by Gasteiger charge is 2.11. The van der Waals surface area contributed by atoms with Crippen molar-refractivity contribution in [2.75, 3.05) is 23.1 Å². The van der Waals surface area contributed by atoms with Gasteiger partial charge in [0.15, 0.2) is 5.11 Å². The quantitative estimate of drug-likeness (QED) is 0.409. The molecule has 0 aliphatic carbocycles. The second-order valence-corrected chi connectivity index (χ2v) is 6.57. The summed E-state index contributed by atoms with van der Waals surface area (Å²) in [5.41, 5.74) is 2.20. The summed E-state index contributed by atoms with van der Waals surface area (Å²) in [5, 5.41) is 8.95. The third-order valence-corrected chi connectivity index (χ3v) is 4.26. The average molecular weight is 423 g/mol. The molecule has 3 rings (SSSR count). The lowest BCUT2D eigenvalue weighted by atomic mass is 10.2. The summed E-state index contributed by atoms with van der Waals surface area (Å²) in [5.74, 6) is -1.55. The van der Waals surface area contributed by atoms with Crippen molar-refractivity contribution in [2.24, 2.45) is 0 Å². The van der Waals surface area contributed by atoms with Crippen molar-refractivity contribution in [2.45, 2.75) is 0 Å². The first-order valence-corrected chi connectivity index (χ1v) is 9.29. The van der Waals surface area contributed by atoms with Crippen LogP contribution in [0.3, 0.4) is 0 Å². The highest BCUT2D eigenvalue weighted by molar-refractivity contribution is 7.80. The lowest BCUT2D eigenvalue weighted by Gasteiger charge is -2.12. The largest absolute Gasteiger partial charge is 0.465 e. The Bertz CT molecular complexity index is 1090. The van der Waals surface area contributed by atoms with Crippen LogP contribution in [0.1, 0.15) is 20.7 Å². The molecular weight excluding hydrogens is 405 g/mol. The van der Waals surface area contributed by atoms with E-state index in [9.17, 15) is 14.0 Å². The number of halogens is 1. The van der Waals surface area contributed by atoms with Crippen LogP contribution in [-0.4, -0.2) is 24.1 Å². The second kappa shape index (κ2) is 9.62. The van der Waals surface area contributed by atoms with E-state index in [-0.39, 0.29) is 5.56 Å². The van der Waals surface area contributed by atoms with Crippen LogP contribution >= 0.6 is 12.2 Å². The van der Waals surface area contributed by atoms with Gasteiger partial charge < -0.3 is 20.7 Å². The summed E-state index contributed by atoms with van der Waals surface area (Å²) in [6.07, 6.45) is 0. The minimum absolute atomic E-state index is 0.0285. The van der Waals surface area contributed by atoms with E-state index in [0.29, 0.717) is 27.7 Å². The van der Waals surface area contributed by atoms with Crippen molar-refractivity contribution < 1.29 is 18.7 Å². The molecule has 3 aromatic rings. The maximum Gasteiger partial charge on any atom is 0.337 e. The Morgan fingerprint density at radius 2 is 1.47 bits per heavy atom. The first kappa shape index (κ1) is 20.9. The molecule has 30 heavy (non-hydrogen) atoms. The highest BCUT2D eigenvalue weighted by atomic mass is 32.1. The summed E-state index contributed by atoms with van der Waals surface area (Å²) in [4.78, 5) is 23.8. The van der Waals surface area contributed by atoms with Crippen molar-refractivity contribution in [1.82, 2.24) is 0 Å². The van der Waals surface area contributed by atoms with Gasteiger partial charge in [0, 0.05) is 17.1 Å². The van der Waals surface area contributed by atoms with E-state index in [2.05, 4.69) is 16.0 Å². The Hall–Kier alpha value is -3.78. The fourth-order valence-electron chi connectivity index (χ4n) is 2.62. The van der Waals surface area contributed by atoms with Gasteiger partial charge in [-0.2, -0.15) is 0 Å². The third-order valence-electron chi connectivity index (χ3n) is 4.06. The number of benzene rings is 3. The Morgan fingerprint density at radius 3 is 2.13 bits per heavy atom. The number of amides is 1. The van der Waals surface area contributed by atoms with Crippen molar-refractivity contribution in [3.05, 3.63) is 89.7 Å². The smallest absolute Gasteiger partial charge is 0.337 e. The fraction of sp³-hybridized carbons (Fsp3) is 0.0455. The van der Waals surface area contributed by atoms with Gasteiger partial charge in [-0.1, -0.05) is 18.2 Å². The van der Waals surface area contributed by atoms with E-state index in [1.807, 2.05) is 0 Å². The second-order valence-electron chi connectivity index (χ2n) is 6.16. The average Bonchev–Trinajstić information content (AvgIpc) is 2.75. The van der Waals surface area contributed by atoms with Crippen molar-refractivity contribution >= 4 is 46.3 Å². The van der Waals surface area contributed by atoms with Crippen LogP contribution in [0.15, 0.2) is 72.8 Å². The number of carbonyl (C=O) groups excluding carboxylic acids is 2. The van der Waals surface area contributed by atoms with E-state index in [1.54, 1.807) is 54.6 Å². The van der Waals surface area contributed by atoms with Crippen molar-refractivity contribution in [3.63, 3.8) is 0 Å². The molecule has 0 saturated carbocycles. The van der Waals surface area contributed by atoms with E-state index in [0.717, 1.165) is 0 Å². The predicted octanol–water partition coefficient (Wildman–Crippen LogP) is 4.67. The van der Waals surface area contributed by atoms with Crippen molar-refractivity contribution in [3.8, 4) is 0 Å². The maximum absolute atomic E-state index is 13.7. The van der Waals surface area contributed by atoms with Gasteiger partial charge in [0.2, 0.25) is 0 Å². The molecule has 1 amide bonds. The van der Waals surface area contributed by atoms with E-state index >= 15 is 0 Å². The van der Waals surface area contributed by atoms with Gasteiger partial charge >= 0.3 is 5.97 Å².